The second-order valence-corrected chi connectivity index (χ2v) is 8.03. The number of methoxy groups -OCH3 is 1. The Hall–Kier alpha value is -2.80. The van der Waals surface area contributed by atoms with E-state index < -0.39 is 5.67 Å². The van der Waals surface area contributed by atoms with Crippen molar-refractivity contribution in [3.05, 3.63) is 47.4 Å². The molecule has 0 spiro atoms. The molecule has 3 heterocycles. The van der Waals surface area contributed by atoms with Gasteiger partial charge in [-0.3, -0.25) is 0 Å². The molecule has 2 atom stereocenters. The van der Waals surface area contributed by atoms with Crippen LogP contribution >= 0.6 is 0 Å². The molecule has 0 radical (unpaired) electrons. The average molecular weight is 426 g/mol. The summed E-state index contributed by atoms with van der Waals surface area (Å²) in [5.74, 6) is 1.27. The summed E-state index contributed by atoms with van der Waals surface area (Å²) in [5, 5.41) is 12.1. The van der Waals surface area contributed by atoms with Crippen LogP contribution in [0.1, 0.15) is 49.0 Å². The SMILES string of the molecule is CCN1CCC(F)(c2ccc(C3CC(Nc4cnc(C#N)cn4)NN3)c(OC)c2)CC1. The van der Waals surface area contributed by atoms with Gasteiger partial charge in [-0.1, -0.05) is 19.1 Å². The fourth-order valence-corrected chi connectivity index (χ4v) is 4.28. The van der Waals surface area contributed by atoms with E-state index in [-0.39, 0.29) is 17.9 Å². The molecule has 1 aromatic heterocycles. The van der Waals surface area contributed by atoms with Crippen molar-refractivity contribution >= 4 is 5.82 Å². The number of nitrogens with zero attached hydrogens (tertiary/aromatic N) is 4. The van der Waals surface area contributed by atoms with E-state index in [0.717, 1.165) is 31.6 Å². The van der Waals surface area contributed by atoms with Crippen LogP contribution in [0.15, 0.2) is 30.6 Å². The van der Waals surface area contributed by atoms with Crippen LogP contribution in [-0.4, -0.2) is 47.8 Å². The third-order valence-electron chi connectivity index (χ3n) is 6.21. The number of aromatic nitrogens is 2. The Morgan fingerprint density at radius 1 is 1.29 bits per heavy atom. The molecule has 9 heteroatoms. The van der Waals surface area contributed by atoms with Gasteiger partial charge in [0.1, 0.15) is 23.3 Å². The quantitative estimate of drug-likeness (QED) is 0.650. The monoisotopic (exact) mass is 425 g/mol. The predicted molar refractivity (Wildman–Crippen MR) is 115 cm³/mol. The van der Waals surface area contributed by atoms with E-state index in [2.05, 4.69) is 38.0 Å². The molecule has 164 valence electrons. The topological polar surface area (TPSA) is 98.1 Å². The van der Waals surface area contributed by atoms with Crippen LogP contribution in [0.5, 0.6) is 5.75 Å². The molecule has 2 fully saturated rings. The molecule has 0 saturated carbocycles. The maximum absolute atomic E-state index is 15.6. The van der Waals surface area contributed by atoms with Gasteiger partial charge in [-0.15, -0.1) is 0 Å². The lowest BCUT2D eigenvalue weighted by Crippen LogP contribution is -2.40. The molecule has 2 unspecified atom stereocenters. The highest BCUT2D eigenvalue weighted by molar-refractivity contribution is 5.43. The molecule has 3 N–H and O–H groups in total. The third kappa shape index (κ3) is 4.61. The summed E-state index contributed by atoms with van der Waals surface area (Å²) in [6.07, 6.45) is 4.62. The van der Waals surface area contributed by atoms with Gasteiger partial charge in [-0.2, -0.15) is 5.26 Å². The van der Waals surface area contributed by atoms with Gasteiger partial charge in [0.2, 0.25) is 0 Å². The summed E-state index contributed by atoms with van der Waals surface area (Å²) >= 11 is 0. The third-order valence-corrected chi connectivity index (χ3v) is 6.21. The zero-order chi connectivity index (χ0) is 21.8. The van der Waals surface area contributed by atoms with Crippen molar-refractivity contribution in [3.63, 3.8) is 0 Å². The highest BCUT2D eigenvalue weighted by Crippen LogP contribution is 2.40. The van der Waals surface area contributed by atoms with E-state index in [0.29, 0.717) is 30.0 Å². The number of rotatable bonds is 6. The lowest BCUT2D eigenvalue weighted by atomic mass is 9.85. The second kappa shape index (κ2) is 9.14. The summed E-state index contributed by atoms with van der Waals surface area (Å²) in [6, 6.07) is 7.66. The van der Waals surface area contributed by atoms with Crippen molar-refractivity contribution in [2.24, 2.45) is 0 Å². The summed E-state index contributed by atoms with van der Waals surface area (Å²) in [5.41, 5.74) is 7.10. The minimum absolute atomic E-state index is 0.00894. The molecule has 4 rings (SSSR count). The van der Waals surface area contributed by atoms with Crippen molar-refractivity contribution in [2.75, 3.05) is 32.1 Å². The second-order valence-electron chi connectivity index (χ2n) is 8.03. The number of ether oxygens (including phenoxy) is 1. The fourth-order valence-electron chi connectivity index (χ4n) is 4.28. The smallest absolute Gasteiger partial charge is 0.158 e. The number of hydrogen-bond donors (Lipinski definition) is 3. The Morgan fingerprint density at radius 3 is 2.74 bits per heavy atom. The van der Waals surface area contributed by atoms with Crippen molar-refractivity contribution in [1.82, 2.24) is 25.7 Å². The molecule has 8 nitrogen and oxygen atoms in total. The number of piperidine rings is 1. The number of benzene rings is 1. The molecule has 0 aliphatic carbocycles. The number of nitrogens with one attached hydrogen (secondary N) is 3. The van der Waals surface area contributed by atoms with Gasteiger partial charge in [-0.05, 0) is 31.0 Å². The van der Waals surface area contributed by atoms with E-state index in [1.165, 1.54) is 12.4 Å². The number of likely N-dealkylation sites (tertiary alicyclic amines) is 1. The van der Waals surface area contributed by atoms with Crippen molar-refractivity contribution in [2.45, 2.75) is 44.1 Å². The maximum atomic E-state index is 15.6. The number of hydrazine groups is 1. The zero-order valence-corrected chi connectivity index (χ0v) is 17.9. The van der Waals surface area contributed by atoms with Gasteiger partial charge in [-0.25, -0.2) is 25.2 Å². The molecular formula is C22H28FN7O. The van der Waals surface area contributed by atoms with Gasteiger partial charge in [0, 0.05) is 25.1 Å². The number of halogens is 1. The number of nitriles is 1. The summed E-state index contributed by atoms with van der Waals surface area (Å²) in [6.45, 7) is 4.62. The van der Waals surface area contributed by atoms with E-state index >= 15 is 4.39 Å². The molecule has 2 saturated heterocycles. The molecule has 1 aromatic carbocycles. The zero-order valence-electron chi connectivity index (χ0n) is 17.9. The number of alkyl halides is 1. The largest absolute Gasteiger partial charge is 0.496 e. The van der Waals surface area contributed by atoms with Crippen molar-refractivity contribution in [1.29, 1.82) is 5.26 Å². The summed E-state index contributed by atoms with van der Waals surface area (Å²) < 4.78 is 21.3. The first-order valence-corrected chi connectivity index (χ1v) is 10.6. The molecular weight excluding hydrogens is 397 g/mol. The molecule has 31 heavy (non-hydrogen) atoms. The van der Waals surface area contributed by atoms with E-state index in [1.54, 1.807) is 7.11 Å². The first kappa shape index (κ1) is 21.4. The highest BCUT2D eigenvalue weighted by atomic mass is 19.1. The molecule has 0 bridgehead atoms. The van der Waals surface area contributed by atoms with Gasteiger partial charge >= 0.3 is 0 Å². The first-order valence-electron chi connectivity index (χ1n) is 10.6. The molecule has 2 aromatic rings. The highest BCUT2D eigenvalue weighted by Gasteiger charge is 2.37. The van der Waals surface area contributed by atoms with Crippen LogP contribution in [0.3, 0.4) is 0 Å². The Balaban J connectivity index is 1.44. The molecule has 2 aliphatic heterocycles. The Kier molecular flexibility index (Phi) is 6.32. The lowest BCUT2D eigenvalue weighted by molar-refractivity contribution is 0.0582. The standard InChI is InChI=1S/C22H28FN7O/c1-3-30-8-6-22(23,7-9-30)15-4-5-17(19(10-15)31-2)18-11-20(29-28-18)27-21-14-25-16(12-24)13-26-21/h4-5,10,13-14,18,20,28-29H,3,6-9,11H2,1-2H3,(H,26,27). The Morgan fingerprint density at radius 2 is 2.10 bits per heavy atom. The first-order chi connectivity index (χ1) is 15.0. The van der Waals surface area contributed by atoms with Crippen LogP contribution in [0, 0.1) is 11.3 Å². The Bertz CT molecular complexity index is 938. The van der Waals surface area contributed by atoms with Gasteiger partial charge in [0.05, 0.1) is 31.7 Å². The molecule has 2 aliphatic rings. The van der Waals surface area contributed by atoms with Gasteiger partial charge in [0.15, 0.2) is 5.69 Å². The molecule has 0 amide bonds. The van der Waals surface area contributed by atoms with Crippen molar-refractivity contribution < 1.29 is 9.13 Å². The van der Waals surface area contributed by atoms with Crippen molar-refractivity contribution in [3.8, 4) is 11.8 Å². The minimum Gasteiger partial charge on any atom is -0.496 e. The van der Waals surface area contributed by atoms with E-state index in [4.69, 9.17) is 10.00 Å². The normalized spacial score (nSPS) is 23.3. The average Bonchev–Trinajstić information content (AvgIpc) is 3.28. The fraction of sp³-hybridized carbons (Fsp3) is 0.500. The van der Waals surface area contributed by atoms with Crippen LogP contribution in [-0.2, 0) is 5.67 Å². The summed E-state index contributed by atoms with van der Waals surface area (Å²) in [4.78, 5) is 10.5. The predicted octanol–water partition coefficient (Wildman–Crippen LogP) is 2.61. The summed E-state index contributed by atoms with van der Waals surface area (Å²) in [7, 11) is 1.62. The van der Waals surface area contributed by atoms with Gasteiger partial charge < -0.3 is 15.0 Å². The van der Waals surface area contributed by atoms with Crippen LogP contribution in [0.25, 0.3) is 0 Å². The number of hydrogen-bond acceptors (Lipinski definition) is 8. The van der Waals surface area contributed by atoms with E-state index in [1.807, 2.05) is 24.3 Å². The number of anilines is 1. The maximum Gasteiger partial charge on any atom is 0.158 e. The minimum atomic E-state index is -1.31. The van der Waals surface area contributed by atoms with Crippen LogP contribution in [0.4, 0.5) is 10.2 Å². The van der Waals surface area contributed by atoms with E-state index in [9.17, 15) is 0 Å². The Labute approximate surface area is 181 Å². The lowest BCUT2D eigenvalue weighted by Gasteiger charge is -2.36. The van der Waals surface area contributed by atoms with Gasteiger partial charge in [0.25, 0.3) is 0 Å². The van der Waals surface area contributed by atoms with Crippen LogP contribution < -0.4 is 20.9 Å². The van der Waals surface area contributed by atoms with Crippen LogP contribution in [0.2, 0.25) is 0 Å².